The fourth-order valence-electron chi connectivity index (χ4n) is 1.93. The molecule has 0 saturated carbocycles. The van der Waals surface area contributed by atoms with Crippen molar-refractivity contribution < 1.29 is 9.15 Å². The smallest absolute Gasteiger partial charge is 0.217 e. The molecule has 19 heavy (non-hydrogen) atoms. The molecular formula is C13H14N4O2. The van der Waals surface area contributed by atoms with E-state index in [1.54, 1.807) is 18.0 Å². The summed E-state index contributed by atoms with van der Waals surface area (Å²) in [6.07, 6.45) is 3.56. The second kappa shape index (κ2) is 4.40. The van der Waals surface area contributed by atoms with Crippen LogP contribution in [-0.2, 0) is 7.05 Å². The average Bonchev–Trinajstić information content (AvgIpc) is 3.02. The highest BCUT2D eigenvalue weighted by Gasteiger charge is 2.17. The molecule has 0 amide bonds. The first-order valence-corrected chi connectivity index (χ1v) is 5.86. The van der Waals surface area contributed by atoms with Gasteiger partial charge >= 0.3 is 0 Å². The number of nitrogens with two attached hydrogens (primary N) is 1. The van der Waals surface area contributed by atoms with Crippen molar-refractivity contribution >= 4 is 11.1 Å². The highest BCUT2D eigenvalue weighted by atomic mass is 16.5. The van der Waals surface area contributed by atoms with Gasteiger partial charge in [0, 0.05) is 24.9 Å². The quantitative estimate of drug-likeness (QED) is 0.772. The third kappa shape index (κ3) is 2.06. The zero-order valence-electron chi connectivity index (χ0n) is 10.7. The maximum atomic E-state index is 6.12. The number of hydrogen-bond donors (Lipinski definition) is 1. The summed E-state index contributed by atoms with van der Waals surface area (Å²) in [5.41, 5.74) is 8.41. The van der Waals surface area contributed by atoms with E-state index in [1.165, 1.54) is 0 Å². The Bertz CT molecular complexity index is 716. The number of benzene rings is 1. The standard InChI is InChI=1S/C13H14N4O2/c1-17-7-8(6-15-17)12(14)13-16-10-5-9(18-2)3-4-11(10)19-13/h3-7,12H,14H2,1-2H3. The third-order valence-corrected chi connectivity index (χ3v) is 2.96. The molecule has 98 valence electrons. The third-order valence-electron chi connectivity index (χ3n) is 2.96. The molecular weight excluding hydrogens is 244 g/mol. The molecule has 2 heterocycles. The van der Waals surface area contributed by atoms with Crippen LogP contribution in [0.25, 0.3) is 11.1 Å². The lowest BCUT2D eigenvalue weighted by Crippen LogP contribution is -2.11. The largest absolute Gasteiger partial charge is 0.497 e. The molecule has 1 unspecified atom stereocenters. The first-order chi connectivity index (χ1) is 9.17. The van der Waals surface area contributed by atoms with Crippen LogP contribution >= 0.6 is 0 Å². The number of hydrogen-bond acceptors (Lipinski definition) is 5. The summed E-state index contributed by atoms with van der Waals surface area (Å²) in [5, 5.41) is 4.09. The lowest BCUT2D eigenvalue weighted by atomic mass is 10.2. The van der Waals surface area contributed by atoms with E-state index in [9.17, 15) is 0 Å². The number of aromatic nitrogens is 3. The van der Waals surface area contributed by atoms with E-state index in [1.807, 2.05) is 31.4 Å². The van der Waals surface area contributed by atoms with Crippen LogP contribution in [0.4, 0.5) is 0 Å². The van der Waals surface area contributed by atoms with Gasteiger partial charge in [0.1, 0.15) is 17.3 Å². The highest BCUT2D eigenvalue weighted by molar-refractivity contribution is 5.74. The van der Waals surface area contributed by atoms with Crippen molar-refractivity contribution in [1.29, 1.82) is 0 Å². The number of nitrogens with zero attached hydrogens (tertiary/aromatic N) is 3. The van der Waals surface area contributed by atoms with E-state index in [4.69, 9.17) is 14.9 Å². The molecule has 0 aliphatic carbocycles. The van der Waals surface area contributed by atoms with Gasteiger partial charge in [-0.25, -0.2) is 4.98 Å². The number of oxazole rings is 1. The molecule has 1 atom stereocenters. The van der Waals surface area contributed by atoms with Crippen LogP contribution in [0.15, 0.2) is 35.0 Å². The van der Waals surface area contributed by atoms with E-state index in [0.717, 1.165) is 16.8 Å². The SMILES string of the molecule is COc1ccc2oc(C(N)c3cnn(C)c3)nc2c1. The van der Waals surface area contributed by atoms with E-state index in [2.05, 4.69) is 10.1 Å². The molecule has 6 nitrogen and oxygen atoms in total. The number of fused-ring (bicyclic) bond motifs is 1. The molecule has 0 fully saturated rings. The second-order valence-electron chi connectivity index (χ2n) is 4.31. The summed E-state index contributed by atoms with van der Waals surface area (Å²) in [6, 6.07) is 5.04. The normalized spacial score (nSPS) is 12.8. The minimum Gasteiger partial charge on any atom is -0.497 e. The monoisotopic (exact) mass is 258 g/mol. The van der Waals surface area contributed by atoms with Crippen LogP contribution in [-0.4, -0.2) is 21.9 Å². The summed E-state index contributed by atoms with van der Waals surface area (Å²) < 4.78 is 12.5. The molecule has 0 aliphatic rings. The number of aryl methyl sites for hydroxylation is 1. The maximum Gasteiger partial charge on any atom is 0.217 e. The predicted molar refractivity (Wildman–Crippen MR) is 69.8 cm³/mol. The van der Waals surface area contributed by atoms with Crippen LogP contribution in [0.2, 0.25) is 0 Å². The van der Waals surface area contributed by atoms with Gasteiger partial charge in [-0.05, 0) is 12.1 Å². The summed E-state index contributed by atoms with van der Waals surface area (Å²) >= 11 is 0. The molecule has 0 saturated heterocycles. The molecule has 2 aromatic heterocycles. The molecule has 0 radical (unpaired) electrons. The fraction of sp³-hybridized carbons (Fsp3) is 0.231. The van der Waals surface area contributed by atoms with Crippen molar-refractivity contribution in [3.05, 3.63) is 42.0 Å². The Morgan fingerprint density at radius 2 is 2.26 bits per heavy atom. The first kappa shape index (κ1) is 11.7. The second-order valence-corrected chi connectivity index (χ2v) is 4.31. The summed E-state index contributed by atoms with van der Waals surface area (Å²) in [4.78, 5) is 4.40. The van der Waals surface area contributed by atoms with Gasteiger partial charge < -0.3 is 14.9 Å². The number of ether oxygens (including phenoxy) is 1. The topological polar surface area (TPSA) is 79.1 Å². The van der Waals surface area contributed by atoms with Crippen LogP contribution in [0.1, 0.15) is 17.5 Å². The Labute approximate surface area is 109 Å². The van der Waals surface area contributed by atoms with Gasteiger partial charge in [0.2, 0.25) is 5.89 Å². The molecule has 3 rings (SSSR count). The molecule has 0 aliphatic heterocycles. The number of methoxy groups -OCH3 is 1. The molecule has 3 aromatic rings. The van der Waals surface area contributed by atoms with E-state index < -0.39 is 6.04 Å². The predicted octanol–water partition coefficient (Wildman–Crippen LogP) is 1.62. The van der Waals surface area contributed by atoms with E-state index in [0.29, 0.717) is 11.5 Å². The summed E-state index contributed by atoms with van der Waals surface area (Å²) in [6.45, 7) is 0. The molecule has 1 aromatic carbocycles. The molecule has 2 N–H and O–H groups in total. The molecule has 0 spiro atoms. The highest BCUT2D eigenvalue weighted by Crippen LogP contribution is 2.25. The Balaban J connectivity index is 2.00. The lowest BCUT2D eigenvalue weighted by molar-refractivity contribution is 0.415. The van der Waals surface area contributed by atoms with Gasteiger partial charge in [-0.15, -0.1) is 0 Å². The zero-order chi connectivity index (χ0) is 13.4. The summed E-state index contributed by atoms with van der Waals surface area (Å²) in [7, 11) is 3.46. The average molecular weight is 258 g/mol. The first-order valence-electron chi connectivity index (χ1n) is 5.86. The molecule has 0 bridgehead atoms. The van der Waals surface area contributed by atoms with Crippen molar-refractivity contribution in [2.75, 3.05) is 7.11 Å². The van der Waals surface area contributed by atoms with Gasteiger partial charge in [-0.2, -0.15) is 5.10 Å². The maximum absolute atomic E-state index is 6.12. The van der Waals surface area contributed by atoms with Gasteiger partial charge in [-0.1, -0.05) is 0 Å². The summed E-state index contributed by atoms with van der Waals surface area (Å²) in [5.74, 6) is 1.21. The Hall–Kier alpha value is -2.34. The van der Waals surface area contributed by atoms with Gasteiger partial charge in [0.15, 0.2) is 5.58 Å². The number of rotatable bonds is 3. The van der Waals surface area contributed by atoms with Crippen molar-refractivity contribution in [2.45, 2.75) is 6.04 Å². The van der Waals surface area contributed by atoms with Crippen LogP contribution < -0.4 is 10.5 Å². The Morgan fingerprint density at radius 1 is 1.42 bits per heavy atom. The Morgan fingerprint density at radius 3 is 2.95 bits per heavy atom. The fourth-order valence-corrected chi connectivity index (χ4v) is 1.93. The Kier molecular flexibility index (Phi) is 2.72. The minimum absolute atomic E-state index is 0.424. The van der Waals surface area contributed by atoms with Gasteiger partial charge in [-0.3, -0.25) is 4.68 Å². The van der Waals surface area contributed by atoms with Crippen molar-refractivity contribution in [3.8, 4) is 5.75 Å². The van der Waals surface area contributed by atoms with Crippen LogP contribution in [0, 0.1) is 0 Å². The minimum atomic E-state index is -0.424. The van der Waals surface area contributed by atoms with Crippen LogP contribution in [0.5, 0.6) is 5.75 Å². The van der Waals surface area contributed by atoms with Gasteiger partial charge in [0.25, 0.3) is 0 Å². The van der Waals surface area contributed by atoms with Crippen molar-refractivity contribution in [1.82, 2.24) is 14.8 Å². The lowest BCUT2D eigenvalue weighted by Gasteiger charge is -2.02. The zero-order valence-corrected chi connectivity index (χ0v) is 10.7. The van der Waals surface area contributed by atoms with Crippen molar-refractivity contribution in [3.63, 3.8) is 0 Å². The van der Waals surface area contributed by atoms with E-state index >= 15 is 0 Å². The van der Waals surface area contributed by atoms with E-state index in [-0.39, 0.29) is 0 Å². The van der Waals surface area contributed by atoms with Crippen LogP contribution in [0.3, 0.4) is 0 Å². The van der Waals surface area contributed by atoms with Gasteiger partial charge in [0.05, 0.1) is 13.3 Å². The van der Waals surface area contributed by atoms with Crippen molar-refractivity contribution in [2.24, 2.45) is 12.8 Å². The molecule has 6 heteroatoms.